The van der Waals surface area contributed by atoms with Crippen molar-refractivity contribution < 1.29 is 9.53 Å². The quantitative estimate of drug-likeness (QED) is 0.897. The highest BCUT2D eigenvalue weighted by Gasteiger charge is 2.29. The van der Waals surface area contributed by atoms with Gasteiger partial charge in [-0.3, -0.25) is 9.69 Å². The number of anilines is 1. The number of rotatable bonds is 5. The molecule has 0 aliphatic carbocycles. The van der Waals surface area contributed by atoms with Crippen molar-refractivity contribution in [3.05, 3.63) is 11.6 Å². The van der Waals surface area contributed by atoms with Crippen molar-refractivity contribution in [3.63, 3.8) is 0 Å². The molecule has 6 heteroatoms. The van der Waals surface area contributed by atoms with Gasteiger partial charge in [-0.15, -0.1) is 11.3 Å². The first-order chi connectivity index (χ1) is 9.24. The van der Waals surface area contributed by atoms with Gasteiger partial charge in [-0.25, -0.2) is 4.98 Å². The highest BCUT2D eigenvalue weighted by molar-refractivity contribution is 7.13. The van der Waals surface area contributed by atoms with E-state index in [9.17, 15) is 4.79 Å². The lowest BCUT2D eigenvalue weighted by molar-refractivity contribution is -0.125. The summed E-state index contributed by atoms with van der Waals surface area (Å²) in [7, 11) is 0. The van der Waals surface area contributed by atoms with Crippen molar-refractivity contribution in [2.75, 3.05) is 25.0 Å². The fourth-order valence-electron chi connectivity index (χ4n) is 2.36. The van der Waals surface area contributed by atoms with Crippen LogP contribution in [0.4, 0.5) is 5.13 Å². The number of thiazole rings is 1. The van der Waals surface area contributed by atoms with Crippen LogP contribution in [0, 0.1) is 0 Å². The van der Waals surface area contributed by atoms with Gasteiger partial charge in [-0.2, -0.15) is 0 Å². The average Bonchev–Trinajstić information content (AvgIpc) is 2.92. The van der Waals surface area contributed by atoms with Crippen molar-refractivity contribution in [2.24, 2.45) is 0 Å². The van der Waals surface area contributed by atoms with Crippen LogP contribution >= 0.6 is 11.3 Å². The zero-order valence-electron chi connectivity index (χ0n) is 11.5. The molecule has 1 saturated heterocycles. The van der Waals surface area contributed by atoms with E-state index in [1.54, 1.807) is 6.20 Å². The fourth-order valence-corrected chi connectivity index (χ4v) is 2.89. The Kier molecular flexibility index (Phi) is 5.30. The molecule has 5 nitrogen and oxygen atoms in total. The van der Waals surface area contributed by atoms with Gasteiger partial charge in [-0.05, 0) is 12.8 Å². The van der Waals surface area contributed by atoms with Crippen LogP contribution in [0.5, 0.6) is 0 Å². The van der Waals surface area contributed by atoms with Crippen LogP contribution in [0.25, 0.3) is 0 Å². The third-order valence-corrected chi connectivity index (χ3v) is 4.11. The second-order valence-electron chi connectivity index (χ2n) is 4.65. The summed E-state index contributed by atoms with van der Waals surface area (Å²) in [5.74, 6) is 0.0363. The molecule has 2 atom stereocenters. The number of aromatic nitrogens is 1. The molecule has 2 rings (SSSR count). The monoisotopic (exact) mass is 283 g/mol. The average molecular weight is 283 g/mol. The zero-order valence-corrected chi connectivity index (χ0v) is 12.3. The molecule has 19 heavy (non-hydrogen) atoms. The molecule has 1 aliphatic rings. The van der Waals surface area contributed by atoms with Gasteiger partial charge in [0.25, 0.3) is 0 Å². The summed E-state index contributed by atoms with van der Waals surface area (Å²) < 4.78 is 5.65. The molecule has 2 heterocycles. The molecular weight excluding hydrogens is 262 g/mol. The van der Waals surface area contributed by atoms with E-state index in [-0.39, 0.29) is 18.1 Å². The molecule has 0 radical (unpaired) electrons. The van der Waals surface area contributed by atoms with Gasteiger partial charge in [0.05, 0.1) is 18.8 Å². The Hall–Kier alpha value is -0.980. The van der Waals surface area contributed by atoms with Crippen molar-refractivity contribution in [1.82, 2.24) is 9.88 Å². The summed E-state index contributed by atoms with van der Waals surface area (Å²) >= 11 is 1.44. The summed E-state index contributed by atoms with van der Waals surface area (Å²) in [6.45, 7) is 6.52. The maximum absolute atomic E-state index is 12.3. The molecule has 1 amide bonds. The lowest BCUT2D eigenvalue weighted by Gasteiger charge is -2.36. The first-order valence-corrected chi connectivity index (χ1v) is 7.68. The topological polar surface area (TPSA) is 54.5 Å². The van der Waals surface area contributed by atoms with Crippen LogP contribution in [-0.2, 0) is 9.53 Å². The molecule has 0 aromatic carbocycles. The lowest BCUT2D eigenvalue weighted by atomic mass is 10.1. The number of hydrogen-bond donors (Lipinski definition) is 1. The minimum atomic E-state index is -0.0955. The molecule has 1 fully saturated rings. The second-order valence-corrected chi connectivity index (χ2v) is 5.54. The Bertz CT molecular complexity index is 397. The molecular formula is C13H21N3O2S. The molecule has 1 N–H and O–H groups in total. The van der Waals surface area contributed by atoms with E-state index < -0.39 is 0 Å². The fraction of sp³-hybridized carbons (Fsp3) is 0.692. The normalized spacial score (nSPS) is 22.1. The van der Waals surface area contributed by atoms with Crippen LogP contribution in [0.2, 0.25) is 0 Å². The molecule has 0 saturated carbocycles. The van der Waals surface area contributed by atoms with Gasteiger partial charge in [0.1, 0.15) is 0 Å². The summed E-state index contributed by atoms with van der Waals surface area (Å²) in [4.78, 5) is 18.6. The number of nitrogens with zero attached hydrogens (tertiary/aromatic N) is 2. The third-order valence-electron chi connectivity index (χ3n) is 3.42. The SMILES string of the molecule is CCC1CN(C(CC)C(=O)Nc2nccs2)CCO1. The van der Waals surface area contributed by atoms with Gasteiger partial charge in [-0.1, -0.05) is 13.8 Å². The Balaban J connectivity index is 1.96. The number of ether oxygens (including phenoxy) is 1. The van der Waals surface area contributed by atoms with E-state index in [1.807, 2.05) is 12.3 Å². The van der Waals surface area contributed by atoms with Gasteiger partial charge >= 0.3 is 0 Å². The minimum absolute atomic E-state index is 0.0363. The van der Waals surface area contributed by atoms with Crippen molar-refractivity contribution in [1.29, 1.82) is 0 Å². The zero-order chi connectivity index (χ0) is 13.7. The third kappa shape index (κ3) is 3.75. The number of amides is 1. The van der Waals surface area contributed by atoms with E-state index in [4.69, 9.17) is 4.74 Å². The molecule has 1 aromatic rings. The predicted octanol–water partition coefficient (Wildman–Crippen LogP) is 1.97. The molecule has 106 valence electrons. The van der Waals surface area contributed by atoms with E-state index in [2.05, 4.69) is 22.1 Å². The van der Waals surface area contributed by atoms with E-state index in [0.717, 1.165) is 25.9 Å². The molecule has 1 aromatic heterocycles. The van der Waals surface area contributed by atoms with Crippen LogP contribution in [-0.4, -0.2) is 47.6 Å². The Morgan fingerprint density at radius 2 is 2.53 bits per heavy atom. The van der Waals surface area contributed by atoms with Crippen molar-refractivity contribution in [3.8, 4) is 0 Å². The van der Waals surface area contributed by atoms with Crippen LogP contribution in [0.15, 0.2) is 11.6 Å². The summed E-state index contributed by atoms with van der Waals surface area (Å²) in [5, 5.41) is 5.42. The highest BCUT2D eigenvalue weighted by Crippen LogP contribution is 2.16. The number of carbonyl (C=O) groups is 1. The maximum atomic E-state index is 12.3. The molecule has 0 bridgehead atoms. The number of carbonyl (C=O) groups excluding carboxylic acids is 1. The van der Waals surface area contributed by atoms with Crippen LogP contribution in [0.1, 0.15) is 26.7 Å². The van der Waals surface area contributed by atoms with Crippen molar-refractivity contribution in [2.45, 2.75) is 38.8 Å². The minimum Gasteiger partial charge on any atom is -0.376 e. The number of hydrogen-bond acceptors (Lipinski definition) is 5. The first-order valence-electron chi connectivity index (χ1n) is 6.80. The first kappa shape index (κ1) is 14.4. The Morgan fingerprint density at radius 1 is 1.68 bits per heavy atom. The largest absolute Gasteiger partial charge is 0.376 e. The van der Waals surface area contributed by atoms with Gasteiger partial charge < -0.3 is 10.1 Å². The van der Waals surface area contributed by atoms with Gasteiger partial charge in [0, 0.05) is 24.7 Å². The molecule has 2 unspecified atom stereocenters. The van der Waals surface area contributed by atoms with E-state index in [0.29, 0.717) is 11.7 Å². The van der Waals surface area contributed by atoms with E-state index >= 15 is 0 Å². The Morgan fingerprint density at radius 3 is 3.16 bits per heavy atom. The summed E-state index contributed by atoms with van der Waals surface area (Å²) in [5.41, 5.74) is 0. The van der Waals surface area contributed by atoms with E-state index in [1.165, 1.54) is 11.3 Å². The molecule has 1 aliphatic heterocycles. The maximum Gasteiger partial charge on any atom is 0.243 e. The summed E-state index contributed by atoms with van der Waals surface area (Å²) in [6.07, 6.45) is 3.73. The lowest BCUT2D eigenvalue weighted by Crippen LogP contribution is -2.51. The predicted molar refractivity (Wildman–Crippen MR) is 76.4 cm³/mol. The number of nitrogens with one attached hydrogen (secondary N) is 1. The smallest absolute Gasteiger partial charge is 0.243 e. The number of morpholine rings is 1. The molecule has 0 spiro atoms. The second kappa shape index (κ2) is 6.98. The van der Waals surface area contributed by atoms with Crippen molar-refractivity contribution >= 4 is 22.4 Å². The Labute approximate surface area is 118 Å². The van der Waals surface area contributed by atoms with Crippen LogP contribution in [0.3, 0.4) is 0 Å². The summed E-state index contributed by atoms with van der Waals surface area (Å²) in [6, 6.07) is -0.0955. The van der Waals surface area contributed by atoms with Crippen LogP contribution < -0.4 is 5.32 Å². The van der Waals surface area contributed by atoms with Gasteiger partial charge in [0.15, 0.2) is 5.13 Å². The van der Waals surface area contributed by atoms with Gasteiger partial charge in [0.2, 0.25) is 5.91 Å². The highest BCUT2D eigenvalue weighted by atomic mass is 32.1. The standard InChI is InChI=1S/C13H21N3O2S/c1-3-10-9-16(6-7-18-10)11(4-2)12(17)15-13-14-5-8-19-13/h5,8,10-11H,3-4,6-7,9H2,1-2H3,(H,14,15,17).